The Hall–Kier alpha value is -2.93. The minimum Gasteiger partial charge on any atom is -0.468 e. The first-order chi connectivity index (χ1) is 17.4. The predicted octanol–water partition coefficient (Wildman–Crippen LogP) is 0.0615. The van der Waals surface area contributed by atoms with E-state index in [0.29, 0.717) is 12.8 Å². The number of hydrogen-bond acceptors (Lipinski definition) is 11. The molecule has 0 aromatic carbocycles. The molecule has 0 spiro atoms. The maximum atomic E-state index is 12.8. The first-order valence-electron chi connectivity index (χ1n) is 12.3. The van der Waals surface area contributed by atoms with Gasteiger partial charge in [-0.3, -0.25) is 29.0 Å². The van der Waals surface area contributed by atoms with E-state index in [4.69, 9.17) is 18.9 Å². The molecule has 1 fully saturated rings. The molecule has 0 heterocycles. The van der Waals surface area contributed by atoms with E-state index in [9.17, 15) is 24.0 Å². The molecule has 1 rings (SSSR count). The molecule has 0 aromatic rings. The van der Waals surface area contributed by atoms with Gasteiger partial charge < -0.3 is 29.6 Å². The van der Waals surface area contributed by atoms with Gasteiger partial charge in [0.05, 0.1) is 47.5 Å². The van der Waals surface area contributed by atoms with Gasteiger partial charge in [-0.2, -0.15) is 0 Å². The molecule has 2 atom stereocenters. The Morgan fingerprint density at radius 3 is 1.51 bits per heavy atom. The lowest BCUT2D eigenvalue weighted by Gasteiger charge is -2.43. The third-order valence-corrected chi connectivity index (χ3v) is 5.77. The normalized spacial score (nSPS) is 17.6. The van der Waals surface area contributed by atoms with E-state index in [1.165, 1.54) is 21.3 Å². The van der Waals surface area contributed by atoms with Crippen LogP contribution < -0.4 is 10.6 Å². The highest BCUT2D eigenvalue weighted by Crippen LogP contribution is 2.27. The topological polar surface area (TPSA) is 153 Å². The lowest BCUT2D eigenvalue weighted by Crippen LogP contribution is -2.58. The summed E-state index contributed by atoms with van der Waals surface area (Å²) in [7, 11) is 3.80. The number of methoxy groups -OCH3 is 3. The Morgan fingerprint density at radius 1 is 0.703 bits per heavy atom. The Labute approximate surface area is 218 Å². The van der Waals surface area contributed by atoms with Crippen molar-refractivity contribution in [1.29, 1.82) is 0 Å². The van der Waals surface area contributed by atoms with Crippen molar-refractivity contribution in [3.05, 3.63) is 0 Å². The van der Waals surface area contributed by atoms with Gasteiger partial charge in [-0.1, -0.05) is 12.8 Å². The summed E-state index contributed by atoms with van der Waals surface area (Å²) in [4.78, 5) is 64.2. The van der Waals surface area contributed by atoms with E-state index >= 15 is 0 Å². The minimum absolute atomic E-state index is 0.118. The highest BCUT2D eigenvalue weighted by molar-refractivity contribution is 5.79. The van der Waals surface area contributed by atoms with Crippen molar-refractivity contribution in [2.24, 2.45) is 0 Å². The van der Waals surface area contributed by atoms with E-state index in [0.717, 1.165) is 12.8 Å². The van der Waals surface area contributed by atoms with Crippen LogP contribution in [0.25, 0.3) is 0 Å². The summed E-state index contributed by atoms with van der Waals surface area (Å²) >= 11 is 0. The third kappa shape index (κ3) is 12.7. The molecule has 0 saturated heterocycles. The average molecular weight is 531 g/mol. The van der Waals surface area contributed by atoms with Gasteiger partial charge in [0, 0.05) is 25.2 Å². The molecule has 1 saturated carbocycles. The molecule has 37 heavy (non-hydrogen) atoms. The fourth-order valence-corrected chi connectivity index (χ4v) is 4.14. The molecule has 13 nitrogen and oxygen atoms in total. The summed E-state index contributed by atoms with van der Waals surface area (Å²) in [6.45, 7) is 5.03. The average Bonchev–Trinajstić information content (AvgIpc) is 2.84. The van der Waals surface area contributed by atoms with E-state index < -0.39 is 29.6 Å². The second-order valence-corrected chi connectivity index (χ2v) is 9.74. The summed E-state index contributed by atoms with van der Waals surface area (Å²) in [6.07, 6.45) is 2.42. The Morgan fingerprint density at radius 2 is 1.11 bits per heavy atom. The van der Waals surface area contributed by atoms with Crippen LogP contribution in [-0.4, -0.2) is 118 Å². The molecule has 2 N–H and O–H groups in total. The number of esters is 3. The Bertz CT molecular complexity index is 767. The van der Waals surface area contributed by atoms with Crippen molar-refractivity contribution in [3.8, 4) is 0 Å². The van der Waals surface area contributed by atoms with Crippen LogP contribution in [0.2, 0.25) is 0 Å². The molecule has 0 bridgehead atoms. The van der Waals surface area contributed by atoms with Crippen LogP contribution in [0, 0.1) is 0 Å². The van der Waals surface area contributed by atoms with Crippen molar-refractivity contribution >= 4 is 29.9 Å². The van der Waals surface area contributed by atoms with Gasteiger partial charge in [-0.05, 0) is 33.6 Å². The molecule has 13 heteroatoms. The predicted molar refractivity (Wildman–Crippen MR) is 132 cm³/mol. The van der Waals surface area contributed by atoms with Crippen LogP contribution in [0.1, 0.15) is 46.5 Å². The van der Waals surface area contributed by atoms with Crippen molar-refractivity contribution in [1.82, 2.24) is 20.4 Å². The molecule has 0 aromatic heterocycles. The van der Waals surface area contributed by atoms with Crippen LogP contribution in [0.15, 0.2) is 0 Å². The van der Waals surface area contributed by atoms with Crippen LogP contribution in [0.3, 0.4) is 0 Å². The van der Waals surface area contributed by atoms with Gasteiger partial charge in [0.1, 0.15) is 5.60 Å². The highest BCUT2D eigenvalue weighted by Gasteiger charge is 2.37. The van der Waals surface area contributed by atoms with E-state index in [1.54, 1.807) is 30.6 Å². The van der Waals surface area contributed by atoms with Crippen LogP contribution in [0.4, 0.5) is 4.79 Å². The number of ether oxygens (including phenoxy) is 4. The van der Waals surface area contributed by atoms with Gasteiger partial charge >= 0.3 is 24.0 Å². The van der Waals surface area contributed by atoms with Crippen LogP contribution in [-0.2, 0) is 38.1 Å². The smallest absolute Gasteiger partial charge is 0.407 e. The third-order valence-electron chi connectivity index (χ3n) is 5.77. The summed E-state index contributed by atoms with van der Waals surface area (Å²) in [6, 6.07) is -0.619. The second kappa shape index (κ2) is 16.0. The number of nitrogens with one attached hydrogen (secondary N) is 2. The minimum atomic E-state index is -0.631. The first-order valence-corrected chi connectivity index (χ1v) is 12.3. The van der Waals surface area contributed by atoms with Gasteiger partial charge in [0.2, 0.25) is 5.91 Å². The molecule has 1 aliphatic carbocycles. The summed E-state index contributed by atoms with van der Waals surface area (Å²) < 4.78 is 19.6. The first kappa shape index (κ1) is 32.1. The van der Waals surface area contributed by atoms with Crippen molar-refractivity contribution < 1.29 is 42.9 Å². The number of carbonyl (C=O) groups excluding carboxylic acids is 5. The van der Waals surface area contributed by atoms with E-state index in [1.807, 2.05) is 0 Å². The van der Waals surface area contributed by atoms with Gasteiger partial charge in [0.15, 0.2) is 0 Å². The number of carbonyl (C=O) groups is 5. The SMILES string of the molecule is COC(=O)CN(CC(=O)NCCNC(=O)OC(C)(C)C)[C@@H]1CCCC[C@@H]1N(CC(=O)OC)CC(=O)OC. The molecule has 0 aliphatic heterocycles. The maximum absolute atomic E-state index is 12.8. The number of amides is 2. The largest absolute Gasteiger partial charge is 0.468 e. The molecule has 0 unspecified atom stereocenters. The zero-order valence-corrected chi connectivity index (χ0v) is 22.8. The summed E-state index contributed by atoms with van der Waals surface area (Å²) in [5.41, 5.74) is -0.631. The van der Waals surface area contributed by atoms with Gasteiger partial charge in [-0.25, -0.2) is 4.79 Å². The Balaban J connectivity index is 2.92. The standard InChI is InChI=1S/C24H42N4O9/c1-24(2,3)37-23(33)26-12-11-25-19(29)13-27(14-20(30)34-4)17-9-7-8-10-18(17)28(15-21(31)35-5)16-22(32)36-6/h17-18H,7-16H2,1-6H3,(H,25,29)(H,26,33)/t17-,18+/m1/s1. The fraction of sp³-hybridized carbons (Fsp3) is 0.792. The summed E-state index contributed by atoms with van der Waals surface area (Å²) in [5, 5.41) is 5.29. The Kier molecular flexibility index (Phi) is 13.9. The fourth-order valence-electron chi connectivity index (χ4n) is 4.14. The zero-order valence-electron chi connectivity index (χ0n) is 22.8. The quantitative estimate of drug-likeness (QED) is 0.189. The molecule has 212 valence electrons. The van der Waals surface area contributed by atoms with Crippen molar-refractivity contribution in [3.63, 3.8) is 0 Å². The summed E-state index contributed by atoms with van der Waals surface area (Å²) in [5.74, 6) is -1.89. The number of hydrogen-bond donors (Lipinski definition) is 2. The van der Waals surface area contributed by atoms with Gasteiger partial charge in [-0.15, -0.1) is 0 Å². The zero-order chi connectivity index (χ0) is 28.0. The molecular formula is C24H42N4O9. The van der Waals surface area contributed by atoms with E-state index in [2.05, 4.69) is 10.6 Å². The monoisotopic (exact) mass is 530 g/mol. The van der Waals surface area contributed by atoms with Crippen LogP contribution >= 0.6 is 0 Å². The number of rotatable bonds is 13. The van der Waals surface area contributed by atoms with E-state index in [-0.39, 0.29) is 57.3 Å². The molecular weight excluding hydrogens is 488 g/mol. The molecule has 0 radical (unpaired) electrons. The highest BCUT2D eigenvalue weighted by atomic mass is 16.6. The number of alkyl carbamates (subject to hydrolysis) is 1. The molecule has 2 amide bonds. The molecule has 1 aliphatic rings. The van der Waals surface area contributed by atoms with Gasteiger partial charge in [0.25, 0.3) is 0 Å². The lowest BCUT2D eigenvalue weighted by atomic mass is 9.87. The number of nitrogens with zero attached hydrogens (tertiary/aromatic N) is 2. The second-order valence-electron chi connectivity index (χ2n) is 9.74. The van der Waals surface area contributed by atoms with Crippen molar-refractivity contribution in [2.45, 2.75) is 64.1 Å². The lowest BCUT2D eigenvalue weighted by molar-refractivity contribution is -0.150. The van der Waals surface area contributed by atoms with Crippen molar-refractivity contribution in [2.75, 3.05) is 60.6 Å². The van der Waals surface area contributed by atoms with Crippen LogP contribution in [0.5, 0.6) is 0 Å². The maximum Gasteiger partial charge on any atom is 0.407 e.